The number of carboxylic acid groups (broad SMARTS) is 1. The summed E-state index contributed by atoms with van der Waals surface area (Å²) in [4.78, 5) is 46.0. The standard InChI is InChI=1S/C14H26N4O5/c1-7(2)5-10(14(23)16-6-11(19)20)18-13(22)9(4)17-12(21)8(3)15/h7-10H,5-6,15H2,1-4H3,(H,16,23)(H,17,21)(H,18,22)(H,19,20)/t8-,9-,10-/m0/s1. The molecule has 9 nitrogen and oxygen atoms in total. The zero-order chi connectivity index (χ0) is 18.2. The van der Waals surface area contributed by atoms with E-state index < -0.39 is 48.4 Å². The third-order valence-corrected chi connectivity index (χ3v) is 2.92. The number of amides is 3. The lowest BCUT2D eigenvalue weighted by Gasteiger charge is -2.22. The van der Waals surface area contributed by atoms with Crippen molar-refractivity contribution in [2.45, 2.75) is 52.2 Å². The third kappa shape index (κ3) is 8.77. The summed E-state index contributed by atoms with van der Waals surface area (Å²) in [6, 6.07) is -2.50. The second kappa shape index (κ2) is 9.78. The number of carbonyl (C=O) groups is 4. The number of rotatable bonds is 9. The van der Waals surface area contributed by atoms with Crippen LogP contribution in [0.2, 0.25) is 0 Å². The van der Waals surface area contributed by atoms with E-state index in [9.17, 15) is 19.2 Å². The number of carbonyl (C=O) groups excluding carboxylic acids is 3. The smallest absolute Gasteiger partial charge is 0.322 e. The minimum atomic E-state index is -1.18. The fourth-order valence-electron chi connectivity index (χ4n) is 1.70. The van der Waals surface area contributed by atoms with Crippen molar-refractivity contribution in [3.8, 4) is 0 Å². The molecule has 0 aliphatic rings. The highest BCUT2D eigenvalue weighted by Gasteiger charge is 2.25. The number of carboxylic acids is 1. The molecule has 23 heavy (non-hydrogen) atoms. The van der Waals surface area contributed by atoms with Crippen molar-refractivity contribution in [2.75, 3.05) is 6.54 Å². The normalized spacial score (nSPS) is 14.5. The average molecular weight is 330 g/mol. The summed E-state index contributed by atoms with van der Waals surface area (Å²) in [5, 5.41) is 15.8. The fraction of sp³-hybridized carbons (Fsp3) is 0.714. The van der Waals surface area contributed by atoms with Crippen LogP contribution in [0.5, 0.6) is 0 Å². The molecule has 0 bridgehead atoms. The number of nitrogens with two attached hydrogens (primary N) is 1. The Labute approximate surface area is 135 Å². The molecule has 0 spiro atoms. The summed E-state index contributed by atoms with van der Waals surface area (Å²) in [7, 11) is 0. The molecular formula is C14H26N4O5. The van der Waals surface area contributed by atoms with Crippen molar-refractivity contribution in [3.05, 3.63) is 0 Å². The second-order valence-corrected chi connectivity index (χ2v) is 5.82. The maximum Gasteiger partial charge on any atom is 0.322 e. The Morgan fingerprint density at radius 1 is 0.957 bits per heavy atom. The lowest BCUT2D eigenvalue weighted by atomic mass is 10.0. The summed E-state index contributed by atoms with van der Waals surface area (Å²) < 4.78 is 0. The Balaban J connectivity index is 4.74. The molecule has 9 heteroatoms. The van der Waals surface area contributed by atoms with Gasteiger partial charge in [-0.2, -0.15) is 0 Å². The largest absolute Gasteiger partial charge is 0.480 e. The molecule has 0 fully saturated rings. The predicted molar refractivity (Wildman–Crippen MR) is 83.3 cm³/mol. The molecule has 0 aromatic heterocycles. The molecular weight excluding hydrogens is 304 g/mol. The molecule has 0 saturated heterocycles. The van der Waals surface area contributed by atoms with Gasteiger partial charge in [-0.05, 0) is 26.2 Å². The summed E-state index contributed by atoms with van der Waals surface area (Å²) >= 11 is 0. The highest BCUT2D eigenvalue weighted by molar-refractivity contribution is 5.93. The molecule has 0 aromatic rings. The van der Waals surface area contributed by atoms with Gasteiger partial charge in [0.05, 0.1) is 6.04 Å². The molecule has 3 atom stereocenters. The average Bonchev–Trinajstić information content (AvgIpc) is 2.42. The summed E-state index contributed by atoms with van der Waals surface area (Å²) in [5.41, 5.74) is 5.40. The van der Waals surface area contributed by atoms with E-state index >= 15 is 0 Å². The number of aliphatic carboxylic acids is 1. The first-order valence-corrected chi connectivity index (χ1v) is 7.40. The first-order chi connectivity index (χ1) is 10.5. The molecule has 6 N–H and O–H groups in total. The minimum absolute atomic E-state index is 0.102. The van der Waals surface area contributed by atoms with Crippen LogP contribution in [-0.2, 0) is 19.2 Å². The van der Waals surface area contributed by atoms with Gasteiger partial charge in [0.2, 0.25) is 17.7 Å². The van der Waals surface area contributed by atoms with Crippen LogP contribution in [0.25, 0.3) is 0 Å². The van der Waals surface area contributed by atoms with Crippen molar-refractivity contribution in [2.24, 2.45) is 11.7 Å². The van der Waals surface area contributed by atoms with E-state index in [1.165, 1.54) is 13.8 Å². The zero-order valence-corrected chi connectivity index (χ0v) is 13.9. The lowest BCUT2D eigenvalue weighted by Crippen LogP contribution is -2.55. The lowest BCUT2D eigenvalue weighted by molar-refractivity contribution is -0.138. The molecule has 0 unspecified atom stereocenters. The van der Waals surface area contributed by atoms with Crippen molar-refractivity contribution in [1.82, 2.24) is 16.0 Å². The van der Waals surface area contributed by atoms with E-state index in [1.54, 1.807) is 0 Å². The van der Waals surface area contributed by atoms with Crippen LogP contribution in [0.1, 0.15) is 34.1 Å². The Morgan fingerprint density at radius 3 is 1.96 bits per heavy atom. The minimum Gasteiger partial charge on any atom is -0.480 e. The van der Waals surface area contributed by atoms with E-state index in [1.807, 2.05) is 13.8 Å². The SMILES string of the molecule is CC(C)C[C@H](NC(=O)[C@H](C)NC(=O)[C@H](C)N)C(=O)NCC(=O)O. The highest BCUT2D eigenvalue weighted by Crippen LogP contribution is 2.05. The van der Waals surface area contributed by atoms with Crippen molar-refractivity contribution >= 4 is 23.7 Å². The topological polar surface area (TPSA) is 151 Å². The maximum absolute atomic E-state index is 12.1. The molecule has 0 aromatic carbocycles. The Kier molecular flexibility index (Phi) is 8.86. The number of hydrogen-bond acceptors (Lipinski definition) is 5. The van der Waals surface area contributed by atoms with Crippen LogP contribution in [0.15, 0.2) is 0 Å². The molecule has 132 valence electrons. The molecule has 0 heterocycles. The quantitative estimate of drug-likeness (QED) is 0.350. The van der Waals surface area contributed by atoms with E-state index in [2.05, 4.69) is 16.0 Å². The van der Waals surface area contributed by atoms with Gasteiger partial charge in [-0.25, -0.2) is 0 Å². The fourth-order valence-corrected chi connectivity index (χ4v) is 1.70. The molecule has 0 saturated carbocycles. The molecule has 0 radical (unpaired) electrons. The summed E-state index contributed by atoms with van der Waals surface area (Å²) in [6.07, 6.45) is 0.338. The van der Waals surface area contributed by atoms with Crippen molar-refractivity contribution in [1.29, 1.82) is 0 Å². The van der Waals surface area contributed by atoms with Crippen LogP contribution < -0.4 is 21.7 Å². The van der Waals surface area contributed by atoms with Crippen molar-refractivity contribution < 1.29 is 24.3 Å². The molecule has 0 aliphatic heterocycles. The zero-order valence-electron chi connectivity index (χ0n) is 13.9. The van der Waals surface area contributed by atoms with Gasteiger partial charge in [0.25, 0.3) is 0 Å². The van der Waals surface area contributed by atoms with Crippen molar-refractivity contribution in [3.63, 3.8) is 0 Å². The molecule has 0 aliphatic carbocycles. The monoisotopic (exact) mass is 330 g/mol. The summed E-state index contributed by atoms with van der Waals surface area (Å²) in [6.45, 7) is 6.16. The Bertz CT molecular complexity index is 450. The van der Waals surface area contributed by atoms with Crippen LogP contribution in [0.4, 0.5) is 0 Å². The van der Waals surface area contributed by atoms with Crippen LogP contribution in [0, 0.1) is 5.92 Å². The first kappa shape index (κ1) is 20.8. The number of nitrogens with one attached hydrogen (secondary N) is 3. The predicted octanol–water partition coefficient (Wildman–Crippen LogP) is -1.43. The van der Waals surface area contributed by atoms with Gasteiger partial charge in [0.1, 0.15) is 18.6 Å². The van der Waals surface area contributed by atoms with E-state index in [-0.39, 0.29) is 5.92 Å². The van der Waals surface area contributed by atoms with Gasteiger partial charge >= 0.3 is 5.97 Å². The van der Waals surface area contributed by atoms with Crippen LogP contribution in [-0.4, -0.2) is 53.5 Å². The number of hydrogen-bond donors (Lipinski definition) is 5. The first-order valence-electron chi connectivity index (χ1n) is 7.40. The van der Waals surface area contributed by atoms with Crippen LogP contribution >= 0.6 is 0 Å². The maximum atomic E-state index is 12.1. The van der Waals surface area contributed by atoms with Gasteiger partial charge in [-0.15, -0.1) is 0 Å². The van der Waals surface area contributed by atoms with E-state index in [0.29, 0.717) is 6.42 Å². The van der Waals surface area contributed by atoms with Gasteiger partial charge < -0.3 is 26.8 Å². The highest BCUT2D eigenvalue weighted by atomic mass is 16.4. The molecule has 3 amide bonds. The van der Waals surface area contributed by atoms with E-state index in [4.69, 9.17) is 10.8 Å². The van der Waals surface area contributed by atoms with Gasteiger partial charge in [0, 0.05) is 0 Å². The van der Waals surface area contributed by atoms with Gasteiger partial charge in [-0.3, -0.25) is 19.2 Å². The van der Waals surface area contributed by atoms with Crippen LogP contribution in [0.3, 0.4) is 0 Å². The van der Waals surface area contributed by atoms with E-state index in [0.717, 1.165) is 0 Å². The third-order valence-electron chi connectivity index (χ3n) is 2.92. The van der Waals surface area contributed by atoms with Gasteiger partial charge in [0.15, 0.2) is 0 Å². The second-order valence-electron chi connectivity index (χ2n) is 5.82. The summed E-state index contributed by atoms with van der Waals surface area (Å²) in [5.74, 6) is -2.69. The Morgan fingerprint density at radius 2 is 1.52 bits per heavy atom. The molecule has 0 rings (SSSR count). The van der Waals surface area contributed by atoms with Gasteiger partial charge in [-0.1, -0.05) is 13.8 Å². The Hall–Kier alpha value is -2.16.